The number of carbonyl (C=O) groups is 1. The molecular formula is C9H12OS2. The van der Waals surface area contributed by atoms with Gasteiger partial charge in [0.15, 0.2) is 5.78 Å². The smallest absolute Gasteiger partial charge is 0.172 e. The highest BCUT2D eigenvalue weighted by atomic mass is 32.2. The quantitative estimate of drug-likeness (QED) is 0.537. The zero-order chi connectivity index (χ0) is 8.81. The molecule has 0 spiro atoms. The molecule has 0 amide bonds. The fourth-order valence-corrected chi connectivity index (χ4v) is 2.06. The van der Waals surface area contributed by atoms with E-state index in [0.717, 1.165) is 17.1 Å². The van der Waals surface area contributed by atoms with Crippen LogP contribution >= 0.6 is 23.1 Å². The van der Waals surface area contributed by atoms with Gasteiger partial charge in [0.1, 0.15) is 0 Å². The van der Waals surface area contributed by atoms with Crippen LogP contribution in [0.3, 0.4) is 0 Å². The maximum absolute atomic E-state index is 11.4. The average Bonchev–Trinajstić information content (AvgIpc) is 2.56. The number of hydrogen-bond donors (Lipinski definition) is 0. The van der Waals surface area contributed by atoms with Crippen LogP contribution in [0.2, 0.25) is 0 Å². The van der Waals surface area contributed by atoms with Gasteiger partial charge in [0.2, 0.25) is 0 Å². The Morgan fingerprint density at radius 3 is 3.08 bits per heavy atom. The molecule has 0 N–H and O–H groups in total. The molecule has 0 aliphatic rings. The van der Waals surface area contributed by atoms with Crippen molar-refractivity contribution in [2.75, 3.05) is 12.0 Å². The third-order valence-electron chi connectivity index (χ3n) is 1.55. The van der Waals surface area contributed by atoms with E-state index >= 15 is 0 Å². The second-order valence-corrected chi connectivity index (χ2v) is 4.43. The molecule has 3 heteroatoms. The van der Waals surface area contributed by atoms with Gasteiger partial charge in [-0.15, -0.1) is 11.3 Å². The third kappa shape index (κ3) is 2.99. The Morgan fingerprint density at radius 2 is 2.50 bits per heavy atom. The summed E-state index contributed by atoms with van der Waals surface area (Å²) in [6.07, 6.45) is 3.76. The molecule has 0 saturated carbocycles. The summed E-state index contributed by atoms with van der Waals surface area (Å²) in [4.78, 5) is 12.3. The fourth-order valence-electron chi connectivity index (χ4n) is 0.937. The number of rotatable bonds is 5. The van der Waals surface area contributed by atoms with E-state index in [9.17, 15) is 4.79 Å². The summed E-state index contributed by atoms with van der Waals surface area (Å²) in [6.45, 7) is 0. The number of ketones is 1. The highest BCUT2D eigenvalue weighted by Gasteiger charge is 2.04. The monoisotopic (exact) mass is 200 g/mol. The highest BCUT2D eigenvalue weighted by Crippen LogP contribution is 2.12. The summed E-state index contributed by atoms with van der Waals surface area (Å²) in [7, 11) is 0. The average molecular weight is 200 g/mol. The lowest BCUT2D eigenvalue weighted by Crippen LogP contribution is -1.96. The zero-order valence-corrected chi connectivity index (χ0v) is 8.71. The Labute approximate surface area is 81.2 Å². The largest absolute Gasteiger partial charge is 0.293 e. The highest BCUT2D eigenvalue weighted by molar-refractivity contribution is 7.98. The Balaban J connectivity index is 2.30. The molecule has 0 aromatic carbocycles. The van der Waals surface area contributed by atoms with Crippen molar-refractivity contribution in [1.29, 1.82) is 0 Å². The summed E-state index contributed by atoms with van der Waals surface area (Å²) in [5.74, 6) is 1.37. The van der Waals surface area contributed by atoms with Gasteiger partial charge in [-0.25, -0.2) is 0 Å². The van der Waals surface area contributed by atoms with Crippen LogP contribution in [0.15, 0.2) is 17.5 Å². The van der Waals surface area contributed by atoms with Crippen molar-refractivity contribution >= 4 is 28.9 Å². The van der Waals surface area contributed by atoms with Crippen molar-refractivity contribution in [2.45, 2.75) is 12.8 Å². The van der Waals surface area contributed by atoms with E-state index in [1.165, 1.54) is 11.3 Å². The van der Waals surface area contributed by atoms with Gasteiger partial charge >= 0.3 is 0 Å². The second-order valence-electron chi connectivity index (χ2n) is 2.50. The molecule has 0 aliphatic carbocycles. The van der Waals surface area contributed by atoms with Crippen LogP contribution in [0.1, 0.15) is 22.5 Å². The summed E-state index contributed by atoms with van der Waals surface area (Å²) < 4.78 is 0. The van der Waals surface area contributed by atoms with Crippen molar-refractivity contribution in [3.05, 3.63) is 22.4 Å². The maximum Gasteiger partial charge on any atom is 0.172 e. The first-order valence-electron chi connectivity index (χ1n) is 3.90. The molecule has 0 radical (unpaired) electrons. The lowest BCUT2D eigenvalue weighted by molar-refractivity contribution is 0.0986. The van der Waals surface area contributed by atoms with E-state index in [1.807, 2.05) is 17.5 Å². The van der Waals surface area contributed by atoms with Crippen molar-refractivity contribution in [3.8, 4) is 0 Å². The Hall–Kier alpha value is -0.280. The SMILES string of the molecule is CSCCCC(=O)c1cccs1. The number of Topliss-reactive ketones (excluding diaryl/α,β-unsaturated/α-hetero) is 1. The lowest BCUT2D eigenvalue weighted by Gasteiger charge is -1.95. The van der Waals surface area contributed by atoms with E-state index in [0.29, 0.717) is 12.2 Å². The number of thioether (sulfide) groups is 1. The van der Waals surface area contributed by atoms with Crippen molar-refractivity contribution in [3.63, 3.8) is 0 Å². The minimum atomic E-state index is 0.291. The molecule has 12 heavy (non-hydrogen) atoms. The molecule has 0 saturated heterocycles. The Kier molecular flexibility index (Phi) is 4.40. The van der Waals surface area contributed by atoms with E-state index in [4.69, 9.17) is 0 Å². The normalized spacial score (nSPS) is 10.1. The minimum absolute atomic E-state index is 0.291. The molecule has 0 atom stereocenters. The van der Waals surface area contributed by atoms with E-state index in [1.54, 1.807) is 11.8 Å². The topological polar surface area (TPSA) is 17.1 Å². The fraction of sp³-hybridized carbons (Fsp3) is 0.444. The summed E-state index contributed by atoms with van der Waals surface area (Å²) >= 11 is 3.32. The molecule has 0 aliphatic heterocycles. The maximum atomic E-state index is 11.4. The second kappa shape index (κ2) is 5.38. The lowest BCUT2D eigenvalue weighted by atomic mass is 10.2. The van der Waals surface area contributed by atoms with Gasteiger partial charge in [-0.05, 0) is 29.9 Å². The number of hydrogen-bond acceptors (Lipinski definition) is 3. The van der Waals surface area contributed by atoms with Crippen LogP contribution in [0.4, 0.5) is 0 Å². The first kappa shape index (κ1) is 9.81. The molecular weight excluding hydrogens is 188 g/mol. The molecule has 0 unspecified atom stereocenters. The summed E-state index contributed by atoms with van der Waals surface area (Å²) in [5.41, 5.74) is 0. The Bertz CT molecular complexity index is 229. The first-order chi connectivity index (χ1) is 5.84. The van der Waals surface area contributed by atoms with Crippen LogP contribution in [0.25, 0.3) is 0 Å². The molecule has 0 fully saturated rings. The molecule has 1 nitrogen and oxygen atoms in total. The van der Waals surface area contributed by atoms with Gasteiger partial charge in [0.05, 0.1) is 4.88 Å². The molecule has 1 heterocycles. The van der Waals surface area contributed by atoms with Crippen LogP contribution in [0, 0.1) is 0 Å². The molecule has 0 bridgehead atoms. The van der Waals surface area contributed by atoms with Crippen LogP contribution in [-0.2, 0) is 0 Å². The van der Waals surface area contributed by atoms with Crippen LogP contribution < -0.4 is 0 Å². The Morgan fingerprint density at radius 1 is 1.67 bits per heavy atom. The van der Waals surface area contributed by atoms with Gasteiger partial charge in [-0.2, -0.15) is 11.8 Å². The molecule has 1 rings (SSSR count). The standard InChI is InChI=1S/C9H12OS2/c1-11-6-2-4-8(10)9-5-3-7-12-9/h3,5,7H,2,4,6H2,1H3. The molecule has 1 aromatic rings. The van der Waals surface area contributed by atoms with Gasteiger partial charge in [-0.3, -0.25) is 4.79 Å². The molecule has 66 valence electrons. The predicted molar refractivity (Wildman–Crippen MR) is 56.3 cm³/mol. The van der Waals surface area contributed by atoms with Gasteiger partial charge in [0, 0.05) is 6.42 Å². The van der Waals surface area contributed by atoms with Crippen molar-refractivity contribution < 1.29 is 4.79 Å². The molecule has 1 aromatic heterocycles. The van der Waals surface area contributed by atoms with E-state index in [-0.39, 0.29) is 0 Å². The van der Waals surface area contributed by atoms with Crippen LogP contribution in [-0.4, -0.2) is 17.8 Å². The summed E-state index contributed by atoms with van der Waals surface area (Å²) in [5, 5.41) is 1.95. The minimum Gasteiger partial charge on any atom is -0.293 e. The predicted octanol–water partition coefficient (Wildman–Crippen LogP) is 3.07. The number of thiophene rings is 1. The third-order valence-corrected chi connectivity index (χ3v) is 3.16. The number of carbonyl (C=O) groups excluding carboxylic acids is 1. The van der Waals surface area contributed by atoms with Crippen LogP contribution in [0.5, 0.6) is 0 Å². The summed E-state index contributed by atoms with van der Waals surface area (Å²) in [6, 6.07) is 3.82. The van der Waals surface area contributed by atoms with Crippen molar-refractivity contribution in [1.82, 2.24) is 0 Å². The first-order valence-corrected chi connectivity index (χ1v) is 6.17. The van der Waals surface area contributed by atoms with E-state index in [2.05, 4.69) is 6.26 Å². The van der Waals surface area contributed by atoms with Crippen molar-refractivity contribution in [2.24, 2.45) is 0 Å². The van der Waals surface area contributed by atoms with Gasteiger partial charge < -0.3 is 0 Å². The van der Waals surface area contributed by atoms with E-state index < -0.39 is 0 Å². The van der Waals surface area contributed by atoms with Gasteiger partial charge in [0.25, 0.3) is 0 Å². The van der Waals surface area contributed by atoms with Gasteiger partial charge in [-0.1, -0.05) is 6.07 Å². The zero-order valence-electron chi connectivity index (χ0n) is 7.08.